The fourth-order valence-corrected chi connectivity index (χ4v) is 10.5. The van der Waals surface area contributed by atoms with E-state index in [1.54, 1.807) is 0 Å². The van der Waals surface area contributed by atoms with Gasteiger partial charge in [0.25, 0.3) is 6.33 Å². The van der Waals surface area contributed by atoms with E-state index in [2.05, 4.69) is 258 Å². The van der Waals surface area contributed by atoms with Crippen LogP contribution in [0.5, 0.6) is 11.5 Å². The van der Waals surface area contributed by atoms with E-state index in [1.165, 1.54) is 61.2 Å². The van der Waals surface area contributed by atoms with E-state index in [0.29, 0.717) is 0 Å². The molecule has 348 valence electrons. The zero-order valence-electron chi connectivity index (χ0n) is 42.1. The minimum absolute atomic E-state index is 0.0189. The summed E-state index contributed by atoms with van der Waals surface area (Å²) < 4.78 is 13.6. The Balaban J connectivity index is 1.02. The van der Waals surface area contributed by atoms with Crippen LogP contribution < -0.4 is 9.30 Å². The molecule has 0 bridgehead atoms. The number of hydrogen-bond donors (Lipinski definition) is 0. The predicted molar refractivity (Wildman–Crippen MR) is 294 cm³/mol. The Hall–Kier alpha value is -8.02. The van der Waals surface area contributed by atoms with Crippen molar-refractivity contribution < 1.29 is 9.30 Å². The van der Waals surface area contributed by atoms with Crippen LogP contribution in [-0.4, -0.2) is 14.1 Å². The van der Waals surface area contributed by atoms with Gasteiger partial charge in [0, 0.05) is 23.0 Å². The zero-order valence-corrected chi connectivity index (χ0v) is 42.1. The molecule has 0 saturated carbocycles. The Kier molecular flexibility index (Phi) is 10.1. The summed E-state index contributed by atoms with van der Waals surface area (Å²) in [4.78, 5) is 5.11. The highest BCUT2D eigenvalue weighted by Gasteiger charge is 2.27. The molecule has 5 nitrogen and oxygen atoms in total. The molecule has 0 saturated heterocycles. The Bertz CT molecular complexity index is 3890. The van der Waals surface area contributed by atoms with Gasteiger partial charge >= 0.3 is 0 Å². The summed E-state index contributed by atoms with van der Waals surface area (Å²) in [5.74, 6) is 2.34. The number of aromatic nitrogens is 4. The molecule has 5 heteroatoms. The van der Waals surface area contributed by atoms with Crippen molar-refractivity contribution in [3.8, 4) is 73.2 Å². The number of benzene rings is 8. The van der Waals surface area contributed by atoms with Gasteiger partial charge in [-0.25, -0.2) is 4.98 Å². The molecule has 0 amide bonds. The maximum Gasteiger partial charge on any atom is 0.269 e. The number of rotatable bonds is 5. The predicted octanol–water partition coefficient (Wildman–Crippen LogP) is 16.9. The summed E-state index contributed by atoms with van der Waals surface area (Å²) in [5, 5.41) is 2.28. The molecule has 8 aromatic carbocycles. The Morgan fingerprint density at radius 3 is 1.56 bits per heavy atom. The first-order valence-corrected chi connectivity index (χ1v) is 24.9. The fraction of sp³-hybridized carbons (Fsp3) is 0.182. The number of para-hydroxylation sites is 2. The molecule has 0 spiro atoms. The lowest BCUT2D eigenvalue weighted by Crippen LogP contribution is -2.31. The molecular weight excluding hydrogens is 865 g/mol. The van der Waals surface area contributed by atoms with Gasteiger partial charge in [-0.15, -0.1) is 0 Å². The van der Waals surface area contributed by atoms with Crippen LogP contribution in [0.4, 0.5) is 0 Å². The molecule has 0 fully saturated rings. The second kappa shape index (κ2) is 16.3. The van der Waals surface area contributed by atoms with Gasteiger partial charge < -0.3 is 4.74 Å². The molecule has 0 N–H and O–H groups in total. The summed E-state index contributed by atoms with van der Waals surface area (Å²) in [6.07, 6.45) is 5.72. The topological polar surface area (TPSA) is 35.9 Å². The number of nitrogens with zero attached hydrogens (tertiary/aromatic N) is 4. The van der Waals surface area contributed by atoms with Crippen LogP contribution in [0.25, 0.3) is 94.5 Å². The lowest BCUT2D eigenvalue weighted by Gasteiger charge is -2.26. The third-order valence-corrected chi connectivity index (χ3v) is 14.4. The first kappa shape index (κ1) is 44.2. The van der Waals surface area contributed by atoms with E-state index in [-0.39, 0.29) is 16.2 Å². The molecule has 0 radical (unpaired) electrons. The lowest BCUT2D eigenvalue weighted by atomic mass is 9.80. The number of ether oxygens (including phenoxy) is 1. The number of imidazole rings is 1. The highest BCUT2D eigenvalue weighted by molar-refractivity contribution is 6.15. The number of pyridine rings is 1. The minimum atomic E-state index is -0.0747. The third kappa shape index (κ3) is 7.63. The second-order valence-electron chi connectivity index (χ2n) is 22.3. The molecule has 0 unspecified atom stereocenters. The van der Waals surface area contributed by atoms with Crippen LogP contribution in [-0.2, 0) is 16.2 Å². The normalized spacial score (nSPS) is 12.6. The quantitative estimate of drug-likeness (QED) is 0.127. The van der Waals surface area contributed by atoms with Crippen LogP contribution in [0.3, 0.4) is 0 Å². The van der Waals surface area contributed by atoms with E-state index in [4.69, 9.17) is 9.72 Å². The van der Waals surface area contributed by atoms with Crippen molar-refractivity contribution in [2.45, 2.75) is 78.6 Å². The van der Waals surface area contributed by atoms with E-state index in [9.17, 15) is 0 Å². The average molecular weight is 923 g/mol. The third-order valence-electron chi connectivity index (χ3n) is 14.4. The van der Waals surface area contributed by atoms with E-state index in [1.807, 2.05) is 12.3 Å². The van der Waals surface area contributed by atoms with Crippen molar-refractivity contribution in [3.05, 3.63) is 211 Å². The van der Waals surface area contributed by atoms with Crippen molar-refractivity contribution in [3.63, 3.8) is 0 Å². The van der Waals surface area contributed by atoms with Crippen molar-refractivity contribution in [2.75, 3.05) is 0 Å². The number of hydrogen-bond acceptors (Lipinski definition) is 2. The van der Waals surface area contributed by atoms with Crippen molar-refractivity contribution >= 4 is 32.8 Å². The van der Waals surface area contributed by atoms with Gasteiger partial charge in [-0.1, -0.05) is 172 Å². The molecule has 0 atom stereocenters. The maximum absolute atomic E-state index is 6.92. The van der Waals surface area contributed by atoms with Gasteiger partial charge in [-0.2, -0.15) is 0 Å². The summed E-state index contributed by atoms with van der Waals surface area (Å²) in [7, 11) is 0. The highest BCUT2D eigenvalue weighted by atomic mass is 16.5. The van der Waals surface area contributed by atoms with Crippen molar-refractivity contribution in [1.82, 2.24) is 14.1 Å². The molecule has 1 aliphatic rings. The zero-order chi connectivity index (χ0) is 49.0. The molecule has 1 aliphatic carbocycles. The average Bonchev–Trinajstić information content (AvgIpc) is 3.90. The van der Waals surface area contributed by atoms with Gasteiger partial charge in [0.1, 0.15) is 17.3 Å². The van der Waals surface area contributed by atoms with Crippen LogP contribution >= 0.6 is 0 Å². The highest BCUT2D eigenvalue weighted by Crippen LogP contribution is 2.50. The first-order valence-electron chi connectivity index (χ1n) is 24.9. The Morgan fingerprint density at radius 2 is 0.958 bits per heavy atom. The summed E-state index contributed by atoms with van der Waals surface area (Å²) in [6, 6.07) is 66.1. The Morgan fingerprint density at radius 1 is 0.423 bits per heavy atom. The summed E-state index contributed by atoms with van der Waals surface area (Å²) in [5.41, 5.74) is 19.7. The standard InChI is InChI=1S/C66H58N4O/c1-64(2,3)42-31-32-67-63(36-42)70-61-38-48(29-30-55(61)58-39-56-53-25-14-12-23-51(53)49-21-10-11-22-50(49)52-24-13-15-26-54(52)57(56)40-62(58)70)71-47-20-18-19-45(37-47)68-41-69(60-28-17-16-27-59(60)68)46-34-43(65(4,5)6)33-44(35-46)66(7,8)9/h10-40H,1-9H3. The van der Waals surface area contributed by atoms with Crippen molar-refractivity contribution in [2.24, 2.45) is 0 Å². The largest absolute Gasteiger partial charge is 0.458 e. The smallest absolute Gasteiger partial charge is 0.269 e. The van der Waals surface area contributed by atoms with Gasteiger partial charge in [0.05, 0.1) is 33.4 Å². The van der Waals surface area contributed by atoms with E-state index >= 15 is 0 Å². The fourth-order valence-electron chi connectivity index (χ4n) is 10.5. The van der Waals surface area contributed by atoms with Crippen LogP contribution in [0.2, 0.25) is 0 Å². The lowest BCUT2D eigenvalue weighted by molar-refractivity contribution is -0.572. The van der Waals surface area contributed by atoms with Gasteiger partial charge in [0.2, 0.25) is 0 Å². The monoisotopic (exact) mass is 922 g/mol. The minimum Gasteiger partial charge on any atom is -0.458 e. The second-order valence-corrected chi connectivity index (χ2v) is 22.3. The van der Waals surface area contributed by atoms with E-state index in [0.717, 1.165) is 61.5 Å². The summed E-state index contributed by atoms with van der Waals surface area (Å²) >= 11 is 0. The van der Waals surface area contributed by atoms with Crippen LogP contribution in [0.15, 0.2) is 188 Å². The molecule has 3 aromatic heterocycles. The van der Waals surface area contributed by atoms with Crippen LogP contribution in [0, 0.1) is 6.33 Å². The molecule has 0 aliphatic heterocycles. The summed E-state index contributed by atoms with van der Waals surface area (Å²) in [6.45, 7) is 20.5. The first-order chi connectivity index (χ1) is 34.1. The maximum atomic E-state index is 6.92. The molecule has 12 rings (SSSR count). The molecule has 3 heterocycles. The molecule has 71 heavy (non-hydrogen) atoms. The molecular formula is C66H58N4O. The molecule has 11 aromatic rings. The SMILES string of the molecule is CC(C)(C)c1cc(-[n+]2[c-]n(-c3cccc(Oc4ccc5c6cc7c(cc6n(-c6cc(C(C)(C)C)ccn6)c5c4)-c4ccccc4-c4ccccc4-c4ccccc4-7)c3)c3ccccc32)cc(C(C)(C)C)c1. The van der Waals surface area contributed by atoms with Gasteiger partial charge in [0.15, 0.2) is 0 Å². The van der Waals surface area contributed by atoms with E-state index < -0.39 is 0 Å². The number of fused-ring (bicyclic) bond motifs is 12. The Labute approximate surface area is 417 Å². The van der Waals surface area contributed by atoms with Crippen LogP contribution in [0.1, 0.15) is 79.0 Å². The van der Waals surface area contributed by atoms with Crippen molar-refractivity contribution in [1.29, 1.82) is 0 Å². The van der Waals surface area contributed by atoms with Gasteiger partial charge in [-0.05, 0) is 144 Å². The van der Waals surface area contributed by atoms with Gasteiger partial charge in [-0.3, -0.25) is 13.7 Å².